The van der Waals surface area contributed by atoms with Crippen molar-refractivity contribution in [3.8, 4) is 11.5 Å². The monoisotopic (exact) mass is 630 g/mol. The first-order chi connectivity index (χ1) is 20.0. The van der Waals surface area contributed by atoms with E-state index in [1.807, 2.05) is 6.07 Å². The van der Waals surface area contributed by atoms with Gasteiger partial charge in [0, 0.05) is 38.7 Å². The molecule has 2 aliphatic heterocycles. The lowest BCUT2D eigenvalue weighted by Crippen LogP contribution is -2.56. The Labute approximate surface area is 253 Å². The second-order valence-electron chi connectivity index (χ2n) is 10.1. The van der Waals surface area contributed by atoms with E-state index in [1.54, 1.807) is 54.6 Å². The number of nitrogens with one attached hydrogen (secondary N) is 2. The van der Waals surface area contributed by atoms with E-state index >= 15 is 0 Å². The fourth-order valence-electron chi connectivity index (χ4n) is 5.95. The topological polar surface area (TPSA) is 67.4 Å². The molecule has 2 aliphatic rings. The Bertz CT molecular complexity index is 1730. The number of carbonyl (C=O) groups excluding carboxylic acids is 2. The number of amides is 2. The highest BCUT2D eigenvalue weighted by Gasteiger charge is 2.61. The number of anilines is 1. The fourth-order valence-corrected chi connectivity index (χ4v) is 6.50. The molecule has 3 atom stereocenters. The van der Waals surface area contributed by atoms with Gasteiger partial charge in [-0.2, -0.15) is 13.2 Å². The summed E-state index contributed by atoms with van der Waals surface area (Å²) in [5.41, 5.74) is -0.0957. The molecule has 0 unspecified atom stereocenters. The number of halogens is 6. The minimum atomic E-state index is -4.51. The van der Waals surface area contributed by atoms with Crippen molar-refractivity contribution in [2.45, 2.75) is 30.0 Å². The van der Waals surface area contributed by atoms with Crippen molar-refractivity contribution in [2.75, 3.05) is 5.32 Å². The van der Waals surface area contributed by atoms with Crippen LogP contribution in [-0.2, 0) is 21.2 Å². The number of alkyl halides is 3. The molecule has 0 aliphatic carbocycles. The Balaban J connectivity index is 1.55. The van der Waals surface area contributed by atoms with Crippen molar-refractivity contribution in [1.82, 2.24) is 5.32 Å². The summed E-state index contributed by atoms with van der Waals surface area (Å²) in [6.45, 7) is 0. The molecule has 0 aromatic heterocycles. The summed E-state index contributed by atoms with van der Waals surface area (Å²) in [6, 6.07) is 19.9. The van der Waals surface area contributed by atoms with Crippen molar-refractivity contribution in [3.63, 3.8) is 0 Å². The smallest absolute Gasteiger partial charge is 0.416 e. The van der Waals surface area contributed by atoms with Gasteiger partial charge < -0.3 is 15.4 Å². The first kappa shape index (κ1) is 28.4. The lowest BCUT2D eigenvalue weighted by Gasteiger charge is -2.46. The van der Waals surface area contributed by atoms with Crippen molar-refractivity contribution < 1.29 is 27.5 Å². The van der Waals surface area contributed by atoms with Crippen LogP contribution in [0.25, 0.3) is 0 Å². The molecule has 1 saturated heterocycles. The van der Waals surface area contributed by atoms with E-state index in [-0.39, 0.29) is 29.7 Å². The molecule has 2 amide bonds. The summed E-state index contributed by atoms with van der Waals surface area (Å²) in [7, 11) is 0. The second-order valence-corrected chi connectivity index (χ2v) is 11.4. The Morgan fingerprint density at radius 2 is 1.52 bits per heavy atom. The molecule has 1 fully saturated rings. The van der Waals surface area contributed by atoms with Crippen LogP contribution >= 0.6 is 34.8 Å². The molecule has 5 nitrogen and oxygen atoms in total. The first-order valence-electron chi connectivity index (χ1n) is 12.8. The highest BCUT2D eigenvalue weighted by Crippen LogP contribution is 2.59. The summed E-state index contributed by atoms with van der Waals surface area (Å²) in [4.78, 5) is 27.6. The molecule has 11 heteroatoms. The number of benzene rings is 4. The highest BCUT2D eigenvalue weighted by molar-refractivity contribution is 6.31. The Kier molecular flexibility index (Phi) is 7.12. The summed E-state index contributed by atoms with van der Waals surface area (Å²) >= 11 is 19.1. The third kappa shape index (κ3) is 4.87. The molecule has 4 aromatic rings. The van der Waals surface area contributed by atoms with Gasteiger partial charge in [-0.3, -0.25) is 9.59 Å². The Hall–Kier alpha value is -3.72. The van der Waals surface area contributed by atoms with Gasteiger partial charge in [-0.25, -0.2) is 0 Å². The molecule has 6 rings (SSSR count). The summed E-state index contributed by atoms with van der Waals surface area (Å²) in [5.74, 6) is -1.06. The van der Waals surface area contributed by atoms with Crippen LogP contribution in [0.5, 0.6) is 11.5 Å². The van der Waals surface area contributed by atoms with Crippen LogP contribution in [0, 0.1) is 0 Å². The fraction of sp³-hybridized carbons (Fsp3) is 0.161. The van der Waals surface area contributed by atoms with Crippen molar-refractivity contribution in [3.05, 3.63) is 122 Å². The lowest BCUT2D eigenvalue weighted by molar-refractivity contribution is -0.137. The number of hydrogen-bond donors (Lipinski definition) is 2. The molecule has 2 N–H and O–H groups in total. The molecule has 214 valence electrons. The number of piperidine rings is 1. The van der Waals surface area contributed by atoms with Crippen LogP contribution in [0.3, 0.4) is 0 Å². The van der Waals surface area contributed by atoms with Gasteiger partial charge in [0.1, 0.15) is 16.9 Å². The predicted molar refractivity (Wildman–Crippen MR) is 154 cm³/mol. The number of hydrogen-bond acceptors (Lipinski definition) is 3. The zero-order valence-electron chi connectivity index (χ0n) is 21.4. The molecule has 0 saturated carbocycles. The number of ether oxygens (including phenoxy) is 1. The first-order valence-corrected chi connectivity index (χ1v) is 13.9. The Morgan fingerprint density at radius 1 is 0.833 bits per heavy atom. The number of carbonyl (C=O) groups is 2. The molecule has 42 heavy (non-hydrogen) atoms. The molecule has 0 bridgehead atoms. The van der Waals surface area contributed by atoms with Crippen LogP contribution in [-0.4, -0.2) is 11.8 Å². The minimum Gasteiger partial charge on any atom is -0.457 e. The van der Waals surface area contributed by atoms with Crippen molar-refractivity contribution in [1.29, 1.82) is 0 Å². The summed E-state index contributed by atoms with van der Waals surface area (Å²) < 4.78 is 45.5. The van der Waals surface area contributed by atoms with Gasteiger partial charge in [0.25, 0.3) is 0 Å². The molecule has 4 aromatic carbocycles. The van der Waals surface area contributed by atoms with Gasteiger partial charge in [0.2, 0.25) is 11.8 Å². The normalized spacial score (nSPS) is 21.6. The molecule has 2 heterocycles. The van der Waals surface area contributed by atoms with Gasteiger partial charge in [-0.1, -0.05) is 53.0 Å². The standard InChI is InChI=1S/C31H20Cl3F3N2O3/c32-18-3-1-2-16(12-18)24-15-27(40)39-28(30(24)23-10-6-20(34)14-25(23)38-29(30)41)22-13-19(33)7-11-26(22)42-21-8-4-17(5-9-21)31(35,36)37/h1-14,24,28H,15H2,(H,38,41)(H,39,40)/t24-,28+,30-/m0/s1. The van der Waals surface area contributed by atoms with E-state index in [0.717, 1.165) is 12.1 Å². The van der Waals surface area contributed by atoms with E-state index in [0.29, 0.717) is 37.4 Å². The molecule has 0 radical (unpaired) electrons. The number of rotatable bonds is 4. The minimum absolute atomic E-state index is 0.0258. The van der Waals surface area contributed by atoms with Crippen LogP contribution in [0.15, 0.2) is 84.9 Å². The van der Waals surface area contributed by atoms with Crippen molar-refractivity contribution in [2.24, 2.45) is 0 Å². The maximum Gasteiger partial charge on any atom is 0.416 e. The third-order valence-corrected chi connectivity index (χ3v) is 8.40. The van der Waals surface area contributed by atoms with Gasteiger partial charge in [-0.05, 0) is 77.9 Å². The van der Waals surface area contributed by atoms with E-state index in [4.69, 9.17) is 39.5 Å². The maximum absolute atomic E-state index is 14.2. The molecule has 1 spiro atoms. The lowest BCUT2D eigenvalue weighted by atomic mass is 9.59. The van der Waals surface area contributed by atoms with Crippen LogP contribution in [0.2, 0.25) is 15.1 Å². The van der Waals surface area contributed by atoms with Crippen molar-refractivity contribution >= 4 is 52.3 Å². The quantitative estimate of drug-likeness (QED) is 0.237. The SMILES string of the molecule is O=C1C[C@@H](c2cccc(Cl)c2)[C@]2(C(=O)Nc3cc(Cl)ccc32)[C@@H](c2cc(Cl)ccc2Oc2ccc(C(F)(F)F)cc2)N1. The summed E-state index contributed by atoms with van der Waals surface area (Å²) in [5, 5.41) is 7.09. The van der Waals surface area contributed by atoms with Gasteiger partial charge in [0.15, 0.2) is 0 Å². The average molecular weight is 632 g/mol. The van der Waals surface area contributed by atoms with E-state index in [9.17, 15) is 22.8 Å². The average Bonchev–Trinajstić information content (AvgIpc) is 3.21. The van der Waals surface area contributed by atoms with Crippen LogP contribution < -0.4 is 15.4 Å². The highest BCUT2D eigenvalue weighted by atomic mass is 35.5. The third-order valence-electron chi connectivity index (χ3n) is 7.69. The number of fused-ring (bicyclic) bond motifs is 2. The van der Waals surface area contributed by atoms with Crippen LogP contribution in [0.4, 0.5) is 18.9 Å². The largest absolute Gasteiger partial charge is 0.457 e. The zero-order chi connectivity index (χ0) is 29.8. The molecular formula is C31H20Cl3F3N2O3. The predicted octanol–water partition coefficient (Wildman–Crippen LogP) is 8.69. The van der Waals surface area contributed by atoms with Gasteiger partial charge >= 0.3 is 6.18 Å². The zero-order valence-corrected chi connectivity index (χ0v) is 23.7. The molecular weight excluding hydrogens is 612 g/mol. The van der Waals surface area contributed by atoms with E-state index in [1.165, 1.54) is 12.1 Å². The maximum atomic E-state index is 14.2. The van der Waals surface area contributed by atoms with E-state index in [2.05, 4.69) is 10.6 Å². The summed E-state index contributed by atoms with van der Waals surface area (Å²) in [6.07, 6.45) is -4.54. The van der Waals surface area contributed by atoms with Crippen LogP contribution in [0.1, 0.15) is 40.6 Å². The Morgan fingerprint density at radius 3 is 2.24 bits per heavy atom. The van der Waals surface area contributed by atoms with Gasteiger partial charge in [-0.15, -0.1) is 0 Å². The van der Waals surface area contributed by atoms with E-state index < -0.39 is 29.1 Å². The second kappa shape index (κ2) is 10.5. The van der Waals surface area contributed by atoms with Gasteiger partial charge in [0.05, 0.1) is 11.6 Å².